The van der Waals surface area contributed by atoms with Crippen molar-refractivity contribution in [2.75, 3.05) is 36.1 Å². The van der Waals surface area contributed by atoms with E-state index in [1.807, 2.05) is 0 Å². The number of imidazole rings is 2. The minimum Gasteiger partial charge on any atom is -0.394 e. The van der Waals surface area contributed by atoms with E-state index in [2.05, 4.69) is 45.5 Å². The van der Waals surface area contributed by atoms with E-state index in [-0.39, 0.29) is 0 Å². The van der Waals surface area contributed by atoms with Crippen molar-refractivity contribution < 1.29 is 20.1 Å². The summed E-state index contributed by atoms with van der Waals surface area (Å²) in [5.41, 5.74) is 6.06. The number of aliphatic hydroxyl groups excluding tert-OH is 2. The van der Waals surface area contributed by atoms with Crippen LogP contribution in [0, 0.1) is 0 Å². The third kappa shape index (κ3) is 3.56. The van der Waals surface area contributed by atoms with Gasteiger partial charge in [-0.3, -0.25) is 4.57 Å². The van der Waals surface area contributed by atoms with E-state index >= 15 is 0 Å². The lowest BCUT2D eigenvalue weighted by atomic mass is 9.96. The number of fused-ring (bicyclic) bond motifs is 2. The Morgan fingerprint density at radius 1 is 1.18 bits per heavy atom. The van der Waals surface area contributed by atoms with E-state index in [1.165, 1.54) is 30.5 Å². The number of anilines is 3. The van der Waals surface area contributed by atoms with E-state index in [4.69, 9.17) is 10.5 Å². The summed E-state index contributed by atoms with van der Waals surface area (Å²) in [7, 11) is 0. The number of aromatic amines is 1. The van der Waals surface area contributed by atoms with Gasteiger partial charge in [0.15, 0.2) is 34.7 Å². The highest BCUT2D eigenvalue weighted by molar-refractivity contribution is 5.83. The smallest absolute Gasteiger partial charge is 0.202 e. The lowest BCUT2D eigenvalue weighted by molar-refractivity contribution is -0.0950. The van der Waals surface area contributed by atoms with Crippen LogP contribution in [0.15, 0.2) is 19.0 Å². The first-order chi connectivity index (χ1) is 15.9. The van der Waals surface area contributed by atoms with Crippen LogP contribution in [-0.4, -0.2) is 92.3 Å². The molecule has 0 aliphatic carbocycles. The normalized spacial score (nSPS) is 25.2. The number of nitrogens with zero attached hydrogens (tertiary/aromatic N) is 7. The summed E-state index contributed by atoms with van der Waals surface area (Å²) in [6, 6.07) is 0. The maximum atomic E-state index is 10.7. The average molecular weight is 457 g/mol. The van der Waals surface area contributed by atoms with Crippen molar-refractivity contribution in [2.24, 2.45) is 0 Å². The van der Waals surface area contributed by atoms with Crippen LogP contribution in [0.2, 0.25) is 0 Å². The molecule has 4 aromatic rings. The Hall–Kier alpha value is -3.66. The zero-order chi connectivity index (χ0) is 23.2. The van der Waals surface area contributed by atoms with E-state index in [0.29, 0.717) is 53.0 Å². The highest BCUT2D eigenvalue weighted by Gasteiger charge is 2.53. The minimum atomic E-state index is -1.65. The molecule has 0 unspecified atom stereocenters. The molecule has 1 saturated heterocycles. The number of nitrogen functional groups attached to an aromatic ring is 1. The van der Waals surface area contributed by atoms with E-state index in [9.17, 15) is 15.3 Å². The summed E-state index contributed by atoms with van der Waals surface area (Å²) in [5, 5.41) is 36.7. The fourth-order valence-corrected chi connectivity index (χ4v) is 3.84. The van der Waals surface area contributed by atoms with Crippen molar-refractivity contribution in [2.45, 2.75) is 31.0 Å². The minimum absolute atomic E-state index is 0.320. The SMILES string of the molecule is C[C@@]1(O)[C@H](O)[C@@H](CO)O[C@H]1n1cnc2c(NCCNc3nc4ncnc(N)c4[nH]3)ncnc21. The molecule has 0 amide bonds. The first-order valence-electron chi connectivity index (χ1n) is 10.2. The zero-order valence-electron chi connectivity index (χ0n) is 17.5. The standard InChI is InChI=1S/C18H23N11O4/c1-18(32)11(31)8(4-30)33-16(18)29-7-26-10-13(23-6-25-15(10)29)20-2-3-21-17-27-9-12(19)22-5-24-14(9)28-17/h5-8,11,16,30-32H,2-4H2,1H3,(H,20,23,25)(H4,19,21,22,24,27,28)/t8-,11-,16-,18-/m1/s1. The van der Waals surface area contributed by atoms with Gasteiger partial charge in [0.25, 0.3) is 0 Å². The summed E-state index contributed by atoms with van der Waals surface area (Å²) < 4.78 is 7.18. The molecule has 8 N–H and O–H groups in total. The van der Waals surface area contributed by atoms with Gasteiger partial charge in [0, 0.05) is 13.1 Å². The maximum absolute atomic E-state index is 10.7. The first-order valence-corrected chi connectivity index (χ1v) is 10.2. The number of nitrogens with one attached hydrogen (secondary N) is 3. The zero-order valence-corrected chi connectivity index (χ0v) is 17.5. The van der Waals surface area contributed by atoms with Gasteiger partial charge in [-0.15, -0.1) is 0 Å². The summed E-state index contributed by atoms with van der Waals surface area (Å²) in [5.74, 6) is 1.31. The molecule has 33 heavy (non-hydrogen) atoms. The van der Waals surface area contributed by atoms with E-state index in [0.717, 1.165) is 0 Å². The van der Waals surface area contributed by atoms with Gasteiger partial charge >= 0.3 is 0 Å². The molecule has 0 saturated carbocycles. The number of aliphatic hydroxyl groups is 3. The van der Waals surface area contributed by atoms with Crippen LogP contribution in [0.4, 0.5) is 17.6 Å². The fraction of sp³-hybridized carbons (Fsp3) is 0.444. The van der Waals surface area contributed by atoms with Gasteiger partial charge in [-0.2, -0.15) is 4.98 Å². The highest BCUT2D eigenvalue weighted by Crippen LogP contribution is 2.39. The molecule has 174 valence electrons. The summed E-state index contributed by atoms with van der Waals surface area (Å²) in [6.07, 6.45) is 0.990. The number of nitrogens with two attached hydrogens (primary N) is 1. The van der Waals surface area contributed by atoms with Gasteiger partial charge in [0.2, 0.25) is 5.95 Å². The van der Waals surface area contributed by atoms with Crippen LogP contribution in [0.5, 0.6) is 0 Å². The van der Waals surface area contributed by atoms with Crippen molar-refractivity contribution in [1.82, 2.24) is 39.5 Å². The molecule has 4 atom stereocenters. The molecular formula is C18H23N11O4. The molecule has 4 aromatic heterocycles. The molecule has 1 aliphatic rings. The molecule has 15 nitrogen and oxygen atoms in total. The average Bonchev–Trinajstić information content (AvgIpc) is 3.47. The molecule has 5 heterocycles. The van der Waals surface area contributed by atoms with Gasteiger partial charge in [-0.05, 0) is 6.92 Å². The van der Waals surface area contributed by atoms with Gasteiger partial charge in [-0.1, -0.05) is 0 Å². The van der Waals surface area contributed by atoms with E-state index < -0.39 is 30.6 Å². The molecular weight excluding hydrogens is 434 g/mol. The molecule has 0 aromatic carbocycles. The van der Waals surface area contributed by atoms with Crippen molar-refractivity contribution in [1.29, 1.82) is 0 Å². The monoisotopic (exact) mass is 457 g/mol. The predicted molar refractivity (Wildman–Crippen MR) is 116 cm³/mol. The van der Waals surface area contributed by atoms with Crippen molar-refractivity contribution in [3.8, 4) is 0 Å². The third-order valence-corrected chi connectivity index (χ3v) is 5.57. The lowest BCUT2D eigenvalue weighted by Gasteiger charge is -2.27. The summed E-state index contributed by atoms with van der Waals surface area (Å²) in [4.78, 5) is 28.2. The fourth-order valence-electron chi connectivity index (χ4n) is 3.84. The Balaban J connectivity index is 1.29. The maximum Gasteiger partial charge on any atom is 0.202 e. The van der Waals surface area contributed by atoms with Crippen molar-refractivity contribution in [3.05, 3.63) is 19.0 Å². The second kappa shape index (κ2) is 8.04. The third-order valence-electron chi connectivity index (χ3n) is 5.57. The van der Waals surface area contributed by atoms with Gasteiger partial charge in [-0.25, -0.2) is 24.9 Å². The lowest BCUT2D eigenvalue weighted by Crippen LogP contribution is -2.44. The molecule has 0 bridgehead atoms. The Kier molecular flexibility index (Phi) is 5.16. The number of H-pyrrole nitrogens is 1. The van der Waals surface area contributed by atoms with Crippen LogP contribution in [-0.2, 0) is 4.74 Å². The quantitative estimate of drug-likeness (QED) is 0.159. The summed E-state index contributed by atoms with van der Waals surface area (Å²) >= 11 is 0. The Bertz CT molecular complexity index is 1290. The first kappa shape index (κ1) is 21.2. The topological polar surface area (TPSA) is 218 Å². The molecule has 1 aliphatic heterocycles. The van der Waals surface area contributed by atoms with Gasteiger partial charge in [0.1, 0.15) is 36.0 Å². The van der Waals surface area contributed by atoms with Crippen molar-refractivity contribution in [3.63, 3.8) is 0 Å². The number of rotatable bonds is 7. The Morgan fingerprint density at radius 3 is 2.73 bits per heavy atom. The Labute approximate surface area is 186 Å². The largest absolute Gasteiger partial charge is 0.394 e. The van der Waals surface area contributed by atoms with Gasteiger partial charge in [0.05, 0.1) is 12.9 Å². The number of hydrogen-bond acceptors (Lipinski definition) is 13. The number of hydrogen-bond donors (Lipinski definition) is 7. The molecule has 0 radical (unpaired) electrons. The van der Waals surface area contributed by atoms with Crippen LogP contribution in [0.1, 0.15) is 13.2 Å². The molecule has 15 heteroatoms. The highest BCUT2D eigenvalue weighted by atomic mass is 16.6. The van der Waals surface area contributed by atoms with E-state index in [1.54, 1.807) is 0 Å². The number of aromatic nitrogens is 8. The number of ether oxygens (including phenoxy) is 1. The second-order valence-electron chi connectivity index (χ2n) is 7.82. The van der Waals surface area contributed by atoms with Crippen LogP contribution >= 0.6 is 0 Å². The molecule has 1 fully saturated rings. The van der Waals surface area contributed by atoms with Crippen molar-refractivity contribution >= 4 is 39.9 Å². The molecule has 5 rings (SSSR count). The van der Waals surface area contributed by atoms with Crippen LogP contribution < -0.4 is 16.4 Å². The molecule has 0 spiro atoms. The summed E-state index contributed by atoms with van der Waals surface area (Å²) in [6.45, 7) is 1.97. The van der Waals surface area contributed by atoms with Gasteiger partial charge < -0.3 is 41.4 Å². The van der Waals surface area contributed by atoms with Crippen LogP contribution in [0.25, 0.3) is 22.3 Å². The Morgan fingerprint density at radius 2 is 1.97 bits per heavy atom. The van der Waals surface area contributed by atoms with Crippen LogP contribution in [0.3, 0.4) is 0 Å². The predicted octanol–water partition coefficient (Wildman–Crippen LogP) is -1.40. The second-order valence-corrected chi connectivity index (χ2v) is 7.82.